The molecule has 1 atom stereocenters. The van der Waals surface area contributed by atoms with E-state index >= 15 is 0 Å². The zero-order valence-electron chi connectivity index (χ0n) is 7.84. The van der Waals surface area contributed by atoms with E-state index in [2.05, 4.69) is 15.9 Å². The summed E-state index contributed by atoms with van der Waals surface area (Å²) in [4.78, 5) is 0. The molecule has 1 aromatic rings. The van der Waals surface area contributed by atoms with Gasteiger partial charge >= 0.3 is 0 Å². The summed E-state index contributed by atoms with van der Waals surface area (Å²) in [6.45, 7) is 0. The Labute approximate surface area is 91.6 Å². The molecule has 2 rings (SSSR count). The molecule has 0 amide bonds. The lowest BCUT2D eigenvalue weighted by Gasteiger charge is -2.13. The van der Waals surface area contributed by atoms with Gasteiger partial charge in [-0.3, -0.25) is 0 Å². The lowest BCUT2D eigenvalue weighted by Crippen LogP contribution is -2.11. The summed E-state index contributed by atoms with van der Waals surface area (Å²) in [5, 5.41) is 0. The van der Waals surface area contributed by atoms with Gasteiger partial charge in [-0.05, 0) is 36.1 Å². The van der Waals surface area contributed by atoms with Gasteiger partial charge in [0.05, 0.1) is 0 Å². The molecule has 0 heterocycles. The Kier molecular flexibility index (Phi) is 2.88. The van der Waals surface area contributed by atoms with Gasteiger partial charge in [-0.25, -0.2) is 4.39 Å². The van der Waals surface area contributed by atoms with Crippen LogP contribution in [-0.4, -0.2) is 0 Å². The minimum Gasteiger partial charge on any atom is -0.324 e. The molecule has 0 unspecified atom stereocenters. The van der Waals surface area contributed by atoms with Crippen LogP contribution in [0, 0.1) is 11.7 Å². The zero-order valence-corrected chi connectivity index (χ0v) is 9.43. The van der Waals surface area contributed by atoms with Crippen molar-refractivity contribution in [3.8, 4) is 0 Å². The molecule has 0 radical (unpaired) electrons. The normalized spacial score (nSPS) is 18.2. The van der Waals surface area contributed by atoms with Crippen molar-refractivity contribution in [1.29, 1.82) is 0 Å². The molecule has 1 aliphatic carbocycles. The van der Waals surface area contributed by atoms with Gasteiger partial charge in [0.15, 0.2) is 0 Å². The topological polar surface area (TPSA) is 26.0 Å². The summed E-state index contributed by atoms with van der Waals surface area (Å²) in [6.07, 6.45) is 3.53. The Bertz CT molecular complexity index is 336. The molecule has 0 spiro atoms. The second-order valence-corrected chi connectivity index (χ2v) is 4.81. The van der Waals surface area contributed by atoms with Crippen LogP contribution in [0.3, 0.4) is 0 Å². The number of hydrogen-bond donors (Lipinski definition) is 1. The van der Waals surface area contributed by atoms with Crippen LogP contribution < -0.4 is 5.73 Å². The Balaban J connectivity index is 2.15. The highest BCUT2D eigenvalue weighted by atomic mass is 79.9. The molecule has 1 fully saturated rings. The maximum Gasteiger partial charge on any atom is 0.123 e. The highest BCUT2D eigenvalue weighted by Crippen LogP contribution is 2.38. The van der Waals surface area contributed by atoms with E-state index in [1.54, 1.807) is 6.07 Å². The maximum absolute atomic E-state index is 13.0. The summed E-state index contributed by atoms with van der Waals surface area (Å²) >= 11 is 3.39. The first-order valence-corrected chi connectivity index (χ1v) is 5.66. The van der Waals surface area contributed by atoms with Crippen LogP contribution in [0.5, 0.6) is 0 Å². The quantitative estimate of drug-likeness (QED) is 0.883. The highest BCUT2D eigenvalue weighted by Gasteiger charge is 2.25. The molecule has 0 bridgehead atoms. The standard InChI is InChI=1S/C11H13BrFN/c12-10-4-3-8(13)6-9(10)11(14)5-7-1-2-7/h3-4,6-7,11H,1-2,5,14H2/t11-/m1/s1. The van der Waals surface area contributed by atoms with E-state index in [4.69, 9.17) is 5.73 Å². The highest BCUT2D eigenvalue weighted by molar-refractivity contribution is 9.10. The molecule has 1 nitrogen and oxygen atoms in total. The molecule has 0 aromatic heterocycles. The third-order valence-electron chi connectivity index (χ3n) is 2.64. The molecular weight excluding hydrogens is 245 g/mol. The fourth-order valence-electron chi connectivity index (χ4n) is 1.64. The van der Waals surface area contributed by atoms with E-state index in [-0.39, 0.29) is 11.9 Å². The zero-order chi connectivity index (χ0) is 10.1. The second kappa shape index (κ2) is 3.99. The van der Waals surface area contributed by atoms with E-state index in [1.165, 1.54) is 25.0 Å². The largest absolute Gasteiger partial charge is 0.324 e. The predicted molar refractivity (Wildman–Crippen MR) is 58.4 cm³/mol. The van der Waals surface area contributed by atoms with E-state index < -0.39 is 0 Å². The molecular formula is C11H13BrFN. The molecule has 1 saturated carbocycles. The van der Waals surface area contributed by atoms with Crippen molar-refractivity contribution in [2.75, 3.05) is 0 Å². The number of nitrogens with two attached hydrogens (primary N) is 1. The molecule has 1 aliphatic rings. The molecule has 0 aliphatic heterocycles. The molecule has 2 N–H and O–H groups in total. The van der Waals surface area contributed by atoms with Gasteiger partial charge in [-0.15, -0.1) is 0 Å². The van der Waals surface area contributed by atoms with E-state index in [0.29, 0.717) is 0 Å². The first-order chi connectivity index (χ1) is 6.66. The first kappa shape index (κ1) is 10.1. The minimum atomic E-state index is -0.213. The summed E-state index contributed by atoms with van der Waals surface area (Å²) in [7, 11) is 0. The third kappa shape index (κ3) is 2.34. The van der Waals surface area contributed by atoms with Gasteiger partial charge in [-0.2, -0.15) is 0 Å². The predicted octanol–water partition coefficient (Wildman–Crippen LogP) is 3.39. The Hall–Kier alpha value is -0.410. The summed E-state index contributed by atoms with van der Waals surface area (Å²) < 4.78 is 13.9. The molecule has 0 saturated heterocycles. The smallest absolute Gasteiger partial charge is 0.123 e. The van der Waals surface area contributed by atoms with Gasteiger partial charge in [0, 0.05) is 10.5 Å². The molecule has 76 valence electrons. The molecule has 14 heavy (non-hydrogen) atoms. The van der Waals surface area contributed by atoms with Crippen LogP contribution in [-0.2, 0) is 0 Å². The van der Waals surface area contributed by atoms with Crippen LogP contribution in [0.25, 0.3) is 0 Å². The SMILES string of the molecule is N[C@H](CC1CC1)c1cc(F)ccc1Br. The second-order valence-electron chi connectivity index (χ2n) is 3.95. The van der Waals surface area contributed by atoms with Crippen molar-refractivity contribution >= 4 is 15.9 Å². The fraction of sp³-hybridized carbons (Fsp3) is 0.455. The summed E-state index contributed by atoms with van der Waals surface area (Å²) in [6, 6.07) is 4.65. The van der Waals surface area contributed by atoms with Gasteiger partial charge in [0.2, 0.25) is 0 Å². The lowest BCUT2D eigenvalue weighted by molar-refractivity contribution is 0.581. The van der Waals surface area contributed by atoms with Crippen LogP contribution in [0.1, 0.15) is 30.9 Å². The maximum atomic E-state index is 13.0. The number of benzene rings is 1. The van der Waals surface area contributed by atoms with Gasteiger partial charge < -0.3 is 5.73 Å². The number of halogens is 2. The van der Waals surface area contributed by atoms with Crippen LogP contribution in [0.2, 0.25) is 0 Å². The first-order valence-electron chi connectivity index (χ1n) is 4.87. The van der Waals surface area contributed by atoms with E-state index in [0.717, 1.165) is 22.4 Å². The summed E-state index contributed by atoms with van der Waals surface area (Å²) in [5.41, 5.74) is 6.90. The van der Waals surface area contributed by atoms with Gasteiger partial charge in [0.25, 0.3) is 0 Å². The van der Waals surface area contributed by atoms with Gasteiger partial charge in [0.1, 0.15) is 5.82 Å². The Morgan fingerprint density at radius 1 is 1.50 bits per heavy atom. The lowest BCUT2D eigenvalue weighted by atomic mass is 10.0. The van der Waals surface area contributed by atoms with Crippen LogP contribution >= 0.6 is 15.9 Å². The van der Waals surface area contributed by atoms with Crippen molar-refractivity contribution in [1.82, 2.24) is 0 Å². The van der Waals surface area contributed by atoms with Crippen molar-refractivity contribution in [2.24, 2.45) is 11.7 Å². The Morgan fingerprint density at radius 3 is 2.86 bits per heavy atom. The number of hydrogen-bond acceptors (Lipinski definition) is 1. The summed E-state index contributed by atoms with van der Waals surface area (Å²) in [5.74, 6) is 0.551. The average Bonchev–Trinajstić information content (AvgIpc) is 2.93. The van der Waals surface area contributed by atoms with E-state index in [9.17, 15) is 4.39 Å². The van der Waals surface area contributed by atoms with Crippen LogP contribution in [0.15, 0.2) is 22.7 Å². The Morgan fingerprint density at radius 2 is 2.21 bits per heavy atom. The van der Waals surface area contributed by atoms with Crippen molar-refractivity contribution in [3.05, 3.63) is 34.1 Å². The monoisotopic (exact) mass is 257 g/mol. The van der Waals surface area contributed by atoms with Gasteiger partial charge in [-0.1, -0.05) is 28.8 Å². The molecule has 3 heteroatoms. The molecule has 1 aromatic carbocycles. The fourth-order valence-corrected chi connectivity index (χ4v) is 2.18. The third-order valence-corrected chi connectivity index (χ3v) is 3.36. The number of rotatable bonds is 3. The average molecular weight is 258 g/mol. The van der Waals surface area contributed by atoms with Crippen molar-refractivity contribution in [2.45, 2.75) is 25.3 Å². The van der Waals surface area contributed by atoms with Crippen LogP contribution in [0.4, 0.5) is 4.39 Å². The van der Waals surface area contributed by atoms with E-state index in [1.807, 2.05) is 0 Å². The van der Waals surface area contributed by atoms with Crippen molar-refractivity contribution < 1.29 is 4.39 Å². The minimum absolute atomic E-state index is 0.0347. The van der Waals surface area contributed by atoms with Crippen molar-refractivity contribution in [3.63, 3.8) is 0 Å².